The van der Waals surface area contributed by atoms with Crippen LogP contribution in [0.15, 0.2) is 12.7 Å². The standard InChI is InChI=1S/C19H25N5O4/c1-3-13-15(25)16(26)19(28-13)24-10-22-14-17(20-9-21-18(14)24)23-11-6-4-5-7-12(8-11)27-2/h1,9-13,15-16,19,25-26H,4-8H2,2H3,(H,20,21,23)/t11?,12-,13-,15-,16-,19-/m1/s1. The number of ether oxygens (including phenoxy) is 2. The highest BCUT2D eigenvalue weighted by Gasteiger charge is 2.43. The van der Waals surface area contributed by atoms with Crippen molar-refractivity contribution >= 4 is 17.0 Å². The number of imidazole rings is 1. The second kappa shape index (κ2) is 8.01. The Balaban J connectivity index is 1.60. The number of aliphatic hydroxyl groups is 2. The molecule has 1 unspecified atom stereocenters. The van der Waals surface area contributed by atoms with Crippen LogP contribution in [0.4, 0.5) is 5.82 Å². The second-order valence-electron chi connectivity index (χ2n) is 7.36. The molecule has 0 radical (unpaired) electrons. The van der Waals surface area contributed by atoms with Gasteiger partial charge in [0.15, 0.2) is 23.2 Å². The summed E-state index contributed by atoms with van der Waals surface area (Å²) < 4.78 is 12.8. The molecule has 150 valence electrons. The zero-order valence-corrected chi connectivity index (χ0v) is 15.7. The number of nitrogens with zero attached hydrogens (tertiary/aromatic N) is 4. The van der Waals surface area contributed by atoms with Crippen LogP contribution in [0.25, 0.3) is 11.2 Å². The van der Waals surface area contributed by atoms with Crippen molar-refractivity contribution in [3.05, 3.63) is 12.7 Å². The molecule has 9 heteroatoms. The molecule has 2 aromatic heterocycles. The number of methoxy groups -OCH3 is 1. The molecule has 1 saturated carbocycles. The number of nitrogens with one attached hydrogen (secondary N) is 1. The SMILES string of the molecule is C#C[C@H]1O[C@@H](n2cnc3c(NC4CCCC[C@@H](OC)C4)ncnc32)[C@H](O)[C@@H]1O. The van der Waals surface area contributed by atoms with Gasteiger partial charge in [0.05, 0.1) is 12.4 Å². The lowest BCUT2D eigenvalue weighted by Crippen LogP contribution is -2.30. The van der Waals surface area contributed by atoms with Crippen LogP contribution in [-0.2, 0) is 9.47 Å². The fraction of sp³-hybridized carbons (Fsp3) is 0.632. The Kier molecular flexibility index (Phi) is 5.46. The van der Waals surface area contributed by atoms with Crippen LogP contribution in [0.3, 0.4) is 0 Å². The lowest BCUT2D eigenvalue weighted by Gasteiger charge is -2.21. The van der Waals surface area contributed by atoms with Gasteiger partial charge < -0.3 is 25.0 Å². The molecule has 9 nitrogen and oxygen atoms in total. The molecule has 3 N–H and O–H groups in total. The van der Waals surface area contributed by atoms with Crippen LogP contribution >= 0.6 is 0 Å². The first kappa shape index (κ1) is 19.1. The monoisotopic (exact) mass is 387 g/mol. The largest absolute Gasteiger partial charge is 0.386 e. The van der Waals surface area contributed by atoms with Crippen molar-refractivity contribution in [2.45, 2.75) is 68.8 Å². The van der Waals surface area contributed by atoms with Gasteiger partial charge in [0.25, 0.3) is 0 Å². The first-order chi connectivity index (χ1) is 13.6. The third kappa shape index (κ3) is 3.44. The van der Waals surface area contributed by atoms with E-state index in [0.29, 0.717) is 17.0 Å². The highest BCUT2D eigenvalue weighted by atomic mass is 16.6. The normalized spacial score (nSPS) is 33.5. The predicted octanol–water partition coefficient (Wildman–Crippen LogP) is 0.838. The zero-order chi connectivity index (χ0) is 19.7. The Morgan fingerprint density at radius 3 is 2.82 bits per heavy atom. The maximum atomic E-state index is 10.3. The van der Waals surface area contributed by atoms with Crippen molar-refractivity contribution in [2.24, 2.45) is 0 Å². The van der Waals surface area contributed by atoms with Gasteiger partial charge >= 0.3 is 0 Å². The number of aliphatic hydroxyl groups excluding tert-OH is 2. The quantitative estimate of drug-likeness (QED) is 0.522. The molecular formula is C19H25N5O4. The Morgan fingerprint density at radius 1 is 1.25 bits per heavy atom. The van der Waals surface area contributed by atoms with Gasteiger partial charge in [-0.3, -0.25) is 4.57 Å². The van der Waals surface area contributed by atoms with E-state index >= 15 is 0 Å². The van der Waals surface area contributed by atoms with E-state index in [0.717, 1.165) is 32.1 Å². The number of hydrogen-bond donors (Lipinski definition) is 3. The molecular weight excluding hydrogens is 362 g/mol. The number of aromatic nitrogens is 4. The molecule has 2 aromatic rings. The lowest BCUT2D eigenvalue weighted by molar-refractivity contribution is -0.0230. The number of rotatable bonds is 4. The number of hydrogen-bond acceptors (Lipinski definition) is 8. The molecule has 1 aliphatic heterocycles. The van der Waals surface area contributed by atoms with Crippen molar-refractivity contribution in [2.75, 3.05) is 12.4 Å². The molecule has 2 aliphatic rings. The summed E-state index contributed by atoms with van der Waals surface area (Å²) in [7, 11) is 1.75. The average molecular weight is 387 g/mol. The van der Waals surface area contributed by atoms with Crippen LogP contribution in [0.2, 0.25) is 0 Å². The summed E-state index contributed by atoms with van der Waals surface area (Å²) in [4.78, 5) is 13.1. The molecule has 3 heterocycles. The maximum Gasteiger partial charge on any atom is 0.167 e. The average Bonchev–Trinajstić information content (AvgIpc) is 3.16. The predicted molar refractivity (Wildman–Crippen MR) is 101 cm³/mol. The van der Waals surface area contributed by atoms with Gasteiger partial charge in [0.2, 0.25) is 0 Å². The summed E-state index contributed by atoms with van der Waals surface area (Å²) in [6.07, 6.45) is 9.78. The van der Waals surface area contributed by atoms with Gasteiger partial charge in [-0.15, -0.1) is 6.42 Å². The van der Waals surface area contributed by atoms with E-state index in [1.54, 1.807) is 11.7 Å². The minimum atomic E-state index is -1.17. The lowest BCUT2D eigenvalue weighted by atomic mass is 10.1. The van der Waals surface area contributed by atoms with Crippen molar-refractivity contribution in [3.63, 3.8) is 0 Å². The van der Waals surface area contributed by atoms with Gasteiger partial charge in [-0.25, -0.2) is 15.0 Å². The molecule has 6 atom stereocenters. The summed E-state index contributed by atoms with van der Waals surface area (Å²) in [5, 5.41) is 23.8. The van der Waals surface area contributed by atoms with E-state index in [2.05, 4.69) is 26.2 Å². The third-order valence-electron chi connectivity index (χ3n) is 5.59. The number of terminal acetylenes is 1. The molecule has 28 heavy (non-hydrogen) atoms. The van der Waals surface area contributed by atoms with Crippen molar-refractivity contribution < 1.29 is 19.7 Å². The molecule has 4 rings (SSSR count). The van der Waals surface area contributed by atoms with Gasteiger partial charge in [0.1, 0.15) is 24.6 Å². The fourth-order valence-corrected chi connectivity index (χ4v) is 4.03. The van der Waals surface area contributed by atoms with Crippen LogP contribution in [-0.4, -0.2) is 67.3 Å². The third-order valence-corrected chi connectivity index (χ3v) is 5.59. The maximum absolute atomic E-state index is 10.3. The smallest absolute Gasteiger partial charge is 0.167 e. The molecule has 1 aliphatic carbocycles. The summed E-state index contributed by atoms with van der Waals surface area (Å²) >= 11 is 0. The highest BCUT2D eigenvalue weighted by molar-refractivity contribution is 5.82. The first-order valence-electron chi connectivity index (χ1n) is 9.57. The van der Waals surface area contributed by atoms with Gasteiger partial charge in [-0.05, 0) is 19.3 Å². The van der Waals surface area contributed by atoms with E-state index in [4.69, 9.17) is 15.9 Å². The van der Waals surface area contributed by atoms with Crippen molar-refractivity contribution in [3.8, 4) is 12.3 Å². The fourth-order valence-electron chi connectivity index (χ4n) is 4.03. The van der Waals surface area contributed by atoms with E-state index in [1.165, 1.54) is 12.7 Å². The number of fused-ring (bicyclic) bond motifs is 1. The Bertz CT molecular complexity index is 866. The molecule has 0 spiro atoms. The van der Waals surface area contributed by atoms with Crippen LogP contribution in [0, 0.1) is 12.3 Å². The summed E-state index contributed by atoms with van der Waals surface area (Å²) in [6, 6.07) is 0.233. The van der Waals surface area contributed by atoms with Gasteiger partial charge in [-0.2, -0.15) is 0 Å². The molecule has 1 saturated heterocycles. The Morgan fingerprint density at radius 2 is 2.07 bits per heavy atom. The van der Waals surface area contributed by atoms with E-state index in [9.17, 15) is 10.2 Å². The molecule has 0 bridgehead atoms. The topological polar surface area (TPSA) is 115 Å². The summed E-state index contributed by atoms with van der Waals surface area (Å²) in [5.74, 6) is 2.97. The molecule has 2 fully saturated rings. The second-order valence-corrected chi connectivity index (χ2v) is 7.36. The Hall–Kier alpha value is -2.25. The minimum absolute atomic E-state index is 0.233. The van der Waals surface area contributed by atoms with Crippen LogP contribution < -0.4 is 5.32 Å². The molecule has 0 amide bonds. The van der Waals surface area contributed by atoms with Crippen molar-refractivity contribution in [1.82, 2.24) is 19.5 Å². The zero-order valence-electron chi connectivity index (χ0n) is 15.7. The molecule has 0 aromatic carbocycles. The summed E-state index contributed by atoms with van der Waals surface area (Å²) in [5.41, 5.74) is 1.08. The van der Waals surface area contributed by atoms with Gasteiger partial charge in [0, 0.05) is 13.2 Å². The van der Waals surface area contributed by atoms with Crippen LogP contribution in [0.1, 0.15) is 38.3 Å². The van der Waals surface area contributed by atoms with E-state index < -0.39 is 24.5 Å². The van der Waals surface area contributed by atoms with E-state index in [-0.39, 0.29) is 12.1 Å². The number of anilines is 1. The highest BCUT2D eigenvalue weighted by Crippen LogP contribution is 2.32. The summed E-state index contributed by atoms with van der Waals surface area (Å²) in [6.45, 7) is 0. The minimum Gasteiger partial charge on any atom is -0.386 e. The van der Waals surface area contributed by atoms with Gasteiger partial charge in [-0.1, -0.05) is 18.8 Å². The van der Waals surface area contributed by atoms with E-state index in [1.807, 2.05) is 0 Å². The Labute approximate surface area is 163 Å². The first-order valence-corrected chi connectivity index (χ1v) is 9.57. The van der Waals surface area contributed by atoms with Crippen molar-refractivity contribution in [1.29, 1.82) is 0 Å². The van der Waals surface area contributed by atoms with Crippen LogP contribution in [0.5, 0.6) is 0 Å².